The van der Waals surface area contributed by atoms with Gasteiger partial charge in [0.25, 0.3) is 0 Å². The fraction of sp³-hybridized carbons (Fsp3) is 0.429. The molecule has 0 aromatic carbocycles. The second-order valence-corrected chi connectivity index (χ2v) is 8.09. The van der Waals surface area contributed by atoms with Gasteiger partial charge in [0, 0.05) is 49.0 Å². The number of amides is 1. The molecule has 4 rings (SSSR count). The van der Waals surface area contributed by atoms with Crippen LogP contribution in [0.5, 0.6) is 0 Å². The highest BCUT2D eigenvalue weighted by molar-refractivity contribution is 6.31. The summed E-state index contributed by atoms with van der Waals surface area (Å²) in [5.41, 5.74) is 1.35. The molecule has 3 heterocycles. The Kier molecular flexibility index (Phi) is 6.62. The highest BCUT2D eigenvalue weighted by atomic mass is 35.5. The lowest BCUT2D eigenvalue weighted by Crippen LogP contribution is -2.42. The summed E-state index contributed by atoms with van der Waals surface area (Å²) in [4.78, 5) is 27.9. The zero-order valence-corrected chi connectivity index (χ0v) is 17.9. The Labute approximate surface area is 184 Å². The van der Waals surface area contributed by atoms with E-state index < -0.39 is 5.82 Å². The van der Waals surface area contributed by atoms with Gasteiger partial charge in [0.2, 0.25) is 5.91 Å². The molecule has 1 amide bonds. The second-order valence-electron chi connectivity index (χ2n) is 7.66. The predicted octanol–water partition coefficient (Wildman–Crippen LogP) is 3.69. The number of nitrogens with one attached hydrogen (secondary N) is 3. The number of ether oxygens (including phenoxy) is 1. The molecule has 0 aliphatic heterocycles. The largest absolute Gasteiger partial charge is 0.384 e. The molecule has 0 bridgehead atoms. The van der Waals surface area contributed by atoms with Gasteiger partial charge < -0.3 is 20.4 Å². The van der Waals surface area contributed by atoms with Gasteiger partial charge in [0.15, 0.2) is 17.5 Å². The van der Waals surface area contributed by atoms with Crippen LogP contribution < -0.4 is 10.6 Å². The second kappa shape index (κ2) is 9.57. The van der Waals surface area contributed by atoms with E-state index in [0.29, 0.717) is 41.5 Å². The van der Waals surface area contributed by atoms with Crippen LogP contribution in [0.3, 0.4) is 0 Å². The SMILES string of the molecule is COCCC(=O)NC1CCCC(Nc2nc(-c3c[nH]c4ncc(Cl)cc34)ncc2F)C1. The molecule has 1 fully saturated rings. The number of carbonyl (C=O) groups excluding carboxylic acids is 1. The number of H-pyrrole nitrogens is 1. The van der Waals surface area contributed by atoms with Crippen LogP contribution in [0.2, 0.25) is 5.02 Å². The van der Waals surface area contributed by atoms with E-state index in [1.54, 1.807) is 25.6 Å². The van der Waals surface area contributed by atoms with Crippen LogP contribution in [-0.4, -0.2) is 51.6 Å². The summed E-state index contributed by atoms with van der Waals surface area (Å²) in [7, 11) is 1.57. The molecule has 3 aromatic rings. The third-order valence-corrected chi connectivity index (χ3v) is 5.60. The quantitative estimate of drug-likeness (QED) is 0.511. The lowest BCUT2D eigenvalue weighted by molar-refractivity contribution is -0.122. The smallest absolute Gasteiger partial charge is 0.222 e. The number of hydrogen-bond acceptors (Lipinski definition) is 6. The number of methoxy groups -OCH3 is 1. The molecule has 0 radical (unpaired) electrons. The van der Waals surface area contributed by atoms with Gasteiger partial charge in [0.05, 0.1) is 17.8 Å². The van der Waals surface area contributed by atoms with Crippen molar-refractivity contribution in [3.8, 4) is 11.4 Å². The number of anilines is 1. The summed E-state index contributed by atoms with van der Waals surface area (Å²) in [6.07, 6.45) is 8.18. The first-order chi connectivity index (χ1) is 15.0. The molecule has 2 unspecified atom stereocenters. The maximum Gasteiger partial charge on any atom is 0.222 e. The lowest BCUT2D eigenvalue weighted by Gasteiger charge is -2.30. The monoisotopic (exact) mass is 446 g/mol. The third kappa shape index (κ3) is 5.11. The average Bonchev–Trinajstić information content (AvgIpc) is 3.17. The van der Waals surface area contributed by atoms with Crippen LogP contribution in [-0.2, 0) is 9.53 Å². The molecular formula is C21H24ClFN6O2. The minimum Gasteiger partial charge on any atom is -0.384 e. The minimum atomic E-state index is -0.522. The number of fused-ring (bicyclic) bond motifs is 1. The van der Waals surface area contributed by atoms with E-state index in [0.717, 1.165) is 30.8 Å². The first kappa shape index (κ1) is 21.5. The standard InChI is InChI=1S/C21H24ClFN6O2/c1-31-6-5-18(30)27-13-3-2-4-14(8-13)28-21-17(23)11-26-20(29-21)16-10-25-19-15(16)7-12(22)9-24-19/h7,9-11,13-14H,2-6,8H2,1H3,(H,24,25)(H,27,30)(H,26,28,29). The van der Waals surface area contributed by atoms with Gasteiger partial charge in [-0.15, -0.1) is 0 Å². The maximum absolute atomic E-state index is 14.5. The van der Waals surface area contributed by atoms with E-state index in [4.69, 9.17) is 16.3 Å². The van der Waals surface area contributed by atoms with Crippen LogP contribution in [0, 0.1) is 5.82 Å². The third-order valence-electron chi connectivity index (χ3n) is 5.40. The summed E-state index contributed by atoms with van der Waals surface area (Å²) in [6.45, 7) is 0.393. The minimum absolute atomic E-state index is 0.00203. The normalized spacial score (nSPS) is 18.8. The lowest BCUT2D eigenvalue weighted by atomic mass is 9.91. The molecule has 3 aromatic heterocycles. The highest BCUT2D eigenvalue weighted by Gasteiger charge is 2.24. The van der Waals surface area contributed by atoms with Crippen molar-refractivity contribution in [3.05, 3.63) is 35.5 Å². The number of carbonyl (C=O) groups is 1. The fourth-order valence-corrected chi connectivity index (χ4v) is 4.06. The molecular weight excluding hydrogens is 423 g/mol. The summed E-state index contributed by atoms with van der Waals surface area (Å²) < 4.78 is 19.4. The first-order valence-corrected chi connectivity index (χ1v) is 10.6. The highest BCUT2D eigenvalue weighted by Crippen LogP contribution is 2.29. The molecule has 2 atom stereocenters. The van der Waals surface area contributed by atoms with Crippen LogP contribution in [0.4, 0.5) is 10.2 Å². The van der Waals surface area contributed by atoms with Gasteiger partial charge in [-0.05, 0) is 31.7 Å². The molecule has 31 heavy (non-hydrogen) atoms. The average molecular weight is 447 g/mol. The van der Waals surface area contributed by atoms with Gasteiger partial charge in [-0.2, -0.15) is 0 Å². The molecule has 10 heteroatoms. The van der Waals surface area contributed by atoms with E-state index in [1.165, 1.54) is 0 Å². The topological polar surface area (TPSA) is 105 Å². The summed E-state index contributed by atoms with van der Waals surface area (Å²) in [6, 6.07) is 1.81. The van der Waals surface area contributed by atoms with Crippen molar-refractivity contribution in [3.63, 3.8) is 0 Å². The number of pyridine rings is 1. The van der Waals surface area contributed by atoms with E-state index in [1.807, 2.05) is 0 Å². The molecule has 0 spiro atoms. The Morgan fingerprint density at radius 3 is 3.00 bits per heavy atom. The molecule has 1 saturated carbocycles. The van der Waals surface area contributed by atoms with Crippen molar-refractivity contribution in [1.29, 1.82) is 0 Å². The molecule has 1 aliphatic rings. The van der Waals surface area contributed by atoms with Crippen molar-refractivity contribution in [1.82, 2.24) is 25.3 Å². The van der Waals surface area contributed by atoms with E-state index in [9.17, 15) is 9.18 Å². The van der Waals surface area contributed by atoms with Crippen LogP contribution in [0.25, 0.3) is 22.4 Å². The van der Waals surface area contributed by atoms with Crippen molar-refractivity contribution in [2.75, 3.05) is 19.0 Å². The number of halogens is 2. The van der Waals surface area contributed by atoms with Crippen molar-refractivity contribution < 1.29 is 13.9 Å². The van der Waals surface area contributed by atoms with Crippen molar-refractivity contribution in [2.24, 2.45) is 0 Å². The van der Waals surface area contributed by atoms with Crippen molar-refractivity contribution >= 4 is 34.4 Å². The Hall–Kier alpha value is -2.78. The van der Waals surface area contributed by atoms with Crippen LogP contribution in [0.1, 0.15) is 32.1 Å². The molecule has 164 valence electrons. The Morgan fingerprint density at radius 2 is 2.16 bits per heavy atom. The summed E-state index contributed by atoms with van der Waals surface area (Å²) in [5.74, 6) is -0.0363. The van der Waals surface area contributed by atoms with Crippen molar-refractivity contribution in [2.45, 2.75) is 44.2 Å². The predicted molar refractivity (Wildman–Crippen MR) is 116 cm³/mol. The number of hydrogen-bond donors (Lipinski definition) is 3. The van der Waals surface area contributed by atoms with Gasteiger partial charge >= 0.3 is 0 Å². The van der Waals surface area contributed by atoms with Crippen LogP contribution in [0.15, 0.2) is 24.7 Å². The van der Waals surface area contributed by atoms with Crippen LogP contribution >= 0.6 is 11.6 Å². The number of aromatic amines is 1. The van der Waals surface area contributed by atoms with E-state index in [-0.39, 0.29) is 23.8 Å². The van der Waals surface area contributed by atoms with Gasteiger partial charge in [0.1, 0.15) is 5.65 Å². The number of nitrogens with zero attached hydrogens (tertiary/aromatic N) is 3. The fourth-order valence-electron chi connectivity index (χ4n) is 3.90. The molecule has 3 N–H and O–H groups in total. The van der Waals surface area contributed by atoms with E-state index in [2.05, 4.69) is 30.6 Å². The summed E-state index contributed by atoms with van der Waals surface area (Å²) >= 11 is 6.07. The number of aromatic nitrogens is 4. The zero-order valence-electron chi connectivity index (χ0n) is 17.1. The Balaban J connectivity index is 1.48. The molecule has 8 nitrogen and oxygen atoms in total. The van der Waals surface area contributed by atoms with Gasteiger partial charge in [-0.3, -0.25) is 4.79 Å². The van der Waals surface area contributed by atoms with Gasteiger partial charge in [-0.1, -0.05) is 11.6 Å². The maximum atomic E-state index is 14.5. The first-order valence-electron chi connectivity index (χ1n) is 10.2. The van der Waals surface area contributed by atoms with E-state index >= 15 is 0 Å². The Bertz CT molecular complexity index is 1080. The zero-order chi connectivity index (χ0) is 21.8. The molecule has 1 aliphatic carbocycles. The Morgan fingerprint density at radius 1 is 1.32 bits per heavy atom. The summed E-state index contributed by atoms with van der Waals surface area (Å²) in [5, 5.41) is 7.50. The molecule has 0 saturated heterocycles. The number of rotatable bonds is 7. The van der Waals surface area contributed by atoms with Gasteiger partial charge in [-0.25, -0.2) is 19.3 Å².